The number of hydrogen-bond acceptors (Lipinski definition) is 8. The molecule has 0 radical (unpaired) electrons. The minimum atomic E-state index is -3.93. The monoisotopic (exact) mass is 671 g/mol. The van der Waals surface area contributed by atoms with Gasteiger partial charge in [-0.15, -0.1) is 10.2 Å². The lowest BCUT2D eigenvalue weighted by molar-refractivity contribution is 0.391. The van der Waals surface area contributed by atoms with Crippen LogP contribution in [0, 0.1) is 0 Å². The van der Waals surface area contributed by atoms with Gasteiger partial charge < -0.3 is 13.9 Å². The molecule has 14 heteroatoms. The number of hydrogen-bond donors (Lipinski definition) is 0. The van der Waals surface area contributed by atoms with Crippen LogP contribution in [0.5, 0.6) is 11.5 Å². The van der Waals surface area contributed by atoms with Crippen LogP contribution in [0.2, 0.25) is 5.02 Å². The molecule has 0 atom stereocenters. The van der Waals surface area contributed by atoms with Crippen LogP contribution in [0.3, 0.4) is 0 Å². The summed E-state index contributed by atoms with van der Waals surface area (Å²) in [6.45, 7) is 0.199. The normalized spacial score (nSPS) is 12.4. The average molecular weight is 673 g/mol. The fourth-order valence-electron chi connectivity index (χ4n) is 3.94. The van der Waals surface area contributed by atoms with E-state index in [0.29, 0.717) is 49.7 Å². The average Bonchev–Trinajstić information content (AvgIpc) is 3.57. The van der Waals surface area contributed by atoms with E-state index in [2.05, 4.69) is 49.9 Å². The predicted molar refractivity (Wildman–Crippen MR) is 164 cm³/mol. The number of halogens is 2. The number of methoxy groups -OCH3 is 2. The summed E-state index contributed by atoms with van der Waals surface area (Å²) in [5.41, 5.74) is 1.03. The minimum Gasteiger partial charge on any atom is -0.494 e. The third-order valence-corrected chi connectivity index (χ3v) is 10.00. The predicted octanol–water partition coefficient (Wildman–Crippen LogP) is 5.43. The summed E-state index contributed by atoms with van der Waals surface area (Å²) in [5, 5.41) is 9.24. The summed E-state index contributed by atoms with van der Waals surface area (Å²) in [4.78, 5) is 4.31. The van der Waals surface area contributed by atoms with Crippen molar-refractivity contribution in [3.8, 4) is 28.8 Å². The Morgan fingerprint density at radius 2 is 1.75 bits per heavy atom. The summed E-state index contributed by atoms with van der Waals surface area (Å²) in [6.07, 6.45) is 9.58. The number of rotatable bonds is 12. The Balaban J connectivity index is 1.88. The summed E-state index contributed by atoms with van der Waals surface area (Å²) in [6, 6.07) is 10.4. The lowest BCUT2D eigenvalue weighted by Gasteiger charge is -2.30. The molecule has 0 bridgehead atoms. The zero-order chi connectivity index (χ0) is 29.1. The zero-order valence-corrected chi connectivity index (χ0v) is 26.8. The smallest absolute Gasteiger partial charge is 0.246 e. The lowest BCUT2D eigenvalue weighted by Crippen LogP contribution is -2.38. The van der Waals surface area contributed by atoms with E-state index in [0.717, 1.165) is 0 Å². The van der Waals surface area contributed by atoms with Crippen molar-refractivity contribution >= 4 is 53.5 Å². The van der Waals surface area contributed by atoms with Gasteiger partial charge >= 0.3 is 0 Å². The maximum absolute atomic E-state index is 14.1. The van der Waals surface area contributed by atoms with E-state index in [1.54, 1.807) is 41.0 Å². The zero-order valence-electron chi connectivity index (χ0n) is 22.8. The Morgan fingerprint density at radius 3 is 2.33 bits per heavy atom. The number of pyridine rings is 1. The third kappa shape index (κ3) is 6.76. The van der Waals surface area contributed by atoms with Crippen molar-refractivity contribution in [2.75, 3.05) is 55.3 Å². The van der Waals surface area contributed by atoms with Crippen molar-refractivity contribution in [1.29, 1.82) is 0 Å². The summed E-state index contributed by atoms with van der Waals surface area (Å²) >= 11 is 9.46. The first-order chi connectivity index (χ1) is 18.9. The number of sulfonamides is 1. The Labute approximate surface area is 249 Å². The fourth-order valence-corrected chi connectivity index (χ4v) is 7.03. The molecule has 4 aromatic rings. The van der Waals surface area contributed by atoms with Gasteiger partial charge in [0.05, 0.1) is 37.0 Å². The quantitative estimate of drug-likeness (QED) is 0.196. The van der Waals surface area contributed by atoms with Gasteiger partial charge in [-0.2, -0.15) is 0 Å². The number of benzene rings is 1. The van der Waals surface area contributed by atoms with E-state index < -0.39 is 20.1 Å². The van der Waals surface area contributed by atoms with Crippen LogP contribution >= 0.6 is 37.6 Å². The molecule has 0 unspecified atom stereocenters. The maximum atomic E-state index is 14.1. The van der Waals surface area contributed by atoms with Gasteiger partial charge in [-0.05, 0) is 70.8 Å². The second kappa shape index (κ2) is 12.4. The minimum absolute atomic E-state index is 0.0981. The number of furan rings is 1. The Hall–Kier alpha value is -2.74. The highest BCUT2D eigenvalue weighted by Gasteiger charge is 2.33. The van der Waals surface area contributed by atoms with Crippen LogP contribution in [0.1, 0.15) is 5.69 Å². The van der Waals surface area contributed by atoms with Gasteiger partial charge in [-0.1, -0.05) is 17.7 Å². The van der Waals surface area contributed by atoms with E-state index in [1.807, 2.05) is 0 Å². The highest BCUT2D eigenvalue weighted by atomic mass is 79.9. The molecule has 0 aliphatic carbocycles. The van der Waals surface area contributed by atoms with Crippen LogP contribution in [-0.2, 0) is 16.4 Å². The first kappa shape index (κ1) is 30.2. The Kier molecular flexibility index (Phi) is 9.38. The Bertz CT molecular complexity index is 1550. The summed E-state index contributed by atoms with van der Waals surface area (Å²) in [5.74, 6) is 2.11. The number of aryl methyl sites for hydroxylation is 1. The molecule has 0 fully saturated rings. The van der Waals surface area contributed by atoms with Crippen molar-refractivity contribution in [2.24, 2.45) is 0 Å². The van der Waals surface area contributed by atoms with Gasteiger partial charge in [-0.25, -0.2) is 22.8 Å². The molecule has 0 saturated carbocycles. The second-order valence-corrected chi connectivity index (χ2v) is 17.6. The van der Waals surface area contributed by atoms with Gasteiger partial charge in [-0.3, -0.25) is 9.55 Å². The van der Waals surface area contributed by atoms with Crippen molar-refractivity contribution in [3.63, 3.8) is 0 Å². The molecule has 0 N–H and O–H groups in total. The first-order valence-corrected chi connectivity index (χ1v) is 17.9. The molecular weight excluding hydrogens is 642 g/mol. The van der Waals surface area contributed by atoms with E-state index >= 15 is 0 Å². The van der Waals surface area contributed by atoms with Crippen LogP contribution in [0.4, 0.5) is 5.95 Å². The largest absolute Gasteiger partial charge is 0.494 e. The number of para-hydroxylation sites is 1. The number of aromatic nitrogens is 4. The second-order valence-electron chi connectivity index (χ2n) is 9.66. The number of nitrogens with zero attached hydrogens (tertiary/aromatic N) is 5. The maximum Gasteiger partial charge on any atom is 0.246 e. The van der Waals surface area contributed by atoms with E-state index in [-0.39, 0.29) is 24.7 Å². The molecule has 216 valence electrons. The molecule has 4 rings (SSSR count). The van der Waals surface area contributed by atoms with E-state index in [9.17, 15) is 8.42 Å². The Morgan fingerprint density at radius 1 is 1.05 bits per heavy atom. The fraction of sp³-hybridized carbons (Fsp3) is 0.346. The molecule has 3 aromatic heterocycles. The van der Waals surface area contributed by atoms with Gasteiger partial charge in [0.2, 0.25) is 21.8 Å². The summed E-state index contributed by atoms with van der Waals surface area (Å²) in [7, 11) is -1.94. The van der Waals surface area contributed by atoms with Gasteiger partial charge in [0.25, 0.3) is 0 Å². The topological polar surface area (TPSA) is 113 Å². The molecule has 0 spiro atoms. The number of anilines is 1. The van der Waals surface area contributed by atoms with Crippen LogP contribution in [0.25, 0.3) is 17.3 Å². The first-order valence-electron chi connectivity index (χ1n) is 12.1. The number of ether oxygens (including phenoxy) is 2. The molecule has 0 saturated heterocycles. The van der Waals surface area contributed by atoms with Crippen molar-refractivity contribution < 1.29 is 22.3 Å². The SMILES string of the molecule is COc1cccc(OC)c1-n1c(-c2ccco2)nnc1N(CCS(C)(C)C)S(=O)(=O)CCc1ncc(Cl)cc1Br. The van der Waals surface area contributed by atoms with Crippen LogP contribution < -0.4 is 13.8 Å². The van der Waals surface area contributed by atoms with Gasteiger partial charge in [0.15, 0.2) is 5.76 Å². The highest BCUT2D eigenvalue weighted by Crippen LogP contribution is 2.40. The van der Waals surface area contributed by atoms with E-state index in [4.69, 9.17) is 25.5 Å². The van der Waals surface area contributed by atoms with Gasteiger partial charge in [0.1, 0.15) is 17.2 Å². The highest BCUT2D eigenvalue weighted by molar-refractivity contribution is 9.10. The third-order valence-electron chi connectivity index (χ3n) is 5.96. The molecule has 3 heterocycles. The lowest BCUT2D eigenvalue weighted by atomic mass is 10.2. The van der Waals surface area contributed by atoms with Gasteiger partial charge in [0, 0.05) is 23.6 Å². The molecule has 40 heavy (non-hydrogen) atoms. The summed E-state index contributed by atoms with van der Waals surface area (Å²) < 4.78 is 48.7. The van der Waals surface area contributed by atoms with Crippen LogP contribution in [-0.4, -0.2) is 79.2 Å². The van der Waals surface area contributed by atoms with Crippen LogP contribution in [0.15, 0.2) is 57.7 Å². The van der Waals surface area contributed by atoms with Crippen molar-refractivity contribution in [1.82, 2.24) is 19.7 Å². The molecule has 0 aliphatic rings. The molecular formula is C26H31BrClN5O5S2. The van der Waals surface area contributed by atoms with Crippen molar-refractivity contribution in [3.05, 3.63) is 64.0 Å². The van der Waals surface area contributed by atoms with E-state index in [1.165, 1.54) is 31.0 Å². The molecule has 1 aromatic carbocycles. The van der Waals surface area contributed by atoms with Crippen molar-refractivity contribution in [2.45, 2.75) is 6.42 Å². The standard InChI is InChI=1S/C26H31BrClN5O5S2/c1-36-21-8-6-9-22(37-2)24(21)33-25(23-10-7-13-38-23)30-31-26(33)32(12-15-39(3,4)5)40(34,35)14-11-20-19(27)16-18(28)17-29-20/h6-10,13,16-17H,11-12,14-15H2,1-5H3. The molecule has 0 amide bonds. The molecule has 0 aliphatic heterocycles. The molecule has 10 nitrogen and oxygen atoms in total.